The predicted octanol–water partition coefficient (Wildman–Crippen LogP) is 5.75. The van der Waals surface area contributed by atoms with E-state index in [1.54, 1.807) is 43.1 Å². The number of fused-ring (bicyclic) bond motifs is 2. The molecule has 5 aromatic heterocycles. The van der Waals surface area contributed by atoms with E-state index in [-0.39, 0.29) is 5.82 Å². The van der Waals surface area contributed by atoms with Crippen LogP contribution in [0, 0.1) is 5.82 Å². The summed E-state index contributed by atoms with van der Waals surface area (Å²) < 4.78 is 14.8. The summed E-state index contributed by atoms with van der Waals surface area (Å²) in [6.45, 7) is 2.86. The maximum absolute atomic E-state index is 14.8. The molecule has 0 atom stereocenters. The summed E-state index contributed by atoms with van der Waals surface area (Å²) >= 11 is 0. The zero-order valence-electron chi connectivity index (χ0n) is 20.7. The summed E-state index contributed by atoms with van der Waals surface area (Å²) in [5.41, 5.74) is 7.23. The van der Waals surface area contributed by atoms with Crippen LogP contribution in [0.15, 0.2) is 67.4 Å². The second-order valence-electron chi connectivity index (χ2n) is 9.79. The highest BCUT2D eigenvalue weighted by Crippen LogP contribution is 2.33. The number of halogens is 1. The van der Waals surface area contributed by atoms with Crippen molar-refractivity contribution in [3.63, 3.8) is 0 Å². The Kier molecular flexibility index (Phi) is 5.62. The fourth-order valence-corrected chi connectivity index (χ4v) is 5.31. The first-order chi connectivity index (χ1) is 18.7. The van der Waals surface area contributed by atoms with Crippen LogP contribution in [-0.2, 0) is 6.54 Å². The maximum Gasteiger partial charge on any atom is 0.181 e. The van der Waals surface area contributed by atoms with Gasteiger partial charge in [-0.25, -0.2) is 14.4 Å². The Hall–Kier alpha value is -4.50. The topological polar surface area (TPSA) is 99.3 Å². The molecule has 188 valence electrons. The summed E-state index contributed by atoms with van der Waals surface area (Å²) in [5.74, 6) is 0.364. The Bertz CT molecular complexity index is 1750. The average molecular weight is 505 g/mol. The van der Waals surface area contributed by atoms with E-state index in [2.05, 4.69) is 41.1 Å². The van der Waals surface area contributed by atoms with Gasteiger partial charge in [-0.15, -0.1) is 0 Å². The van der Waals surface area contributed by atoms with Crippen LogP contribution in [0.5, 0.6) is 0 Å². The van der Waals surface area contributed by atoms with Gasteiger partial charge < -0.3 is 4.98 Å². The fraction of sp³-hybridized carbons (Fsp3) is 0.207. The first kappa shape index (κ1) is 22.7. The SMILES string of the molecule is Fc1cc(CN2CCCCC2)cc(-c2cncc3[nH]c(-c4[nH]nc5ncc(-c6cccnc6)cc45)nc23)c1. The van der Waals surface area contributed by atoms with Crippen LogP contribution in [0.4, 0.5) is 4.39 Å². The zero-order chi connectivity index (χ0) is 25.5. The second kappa shape index (κ2) is 9.42. The van der Waals surface area contributed by atoms with E-state index in [0.717, 1.165) is 69.6 Å². The van der Waals surface area contributed by atoms with Crippen molar-refractivity contribution in [2.24, 2.45) is 0 Å². The van der Waals surface area contributed by atoms with Crippen LogP contribution in [-0.4, -0.2) is 53.1 Å². The van der Waals surface area contributed by atoms with Gasteiger partial charge in [0.15, 0.2) is 11.5 Å². The number of rotatable bonds is 5. The summed E-state index contributed by atoms with van der Waals surface area (Å²) in [6.07, 6.45) is 12.5. The van der Waals surface area contributed by atoms with Gasteiger partial charge in [-0.2, -0.15) is 5.10 Å². The Morgan fingerprint density at radius 3 is 2.68 bits per heavy atom. The molecule has 0 radical (unpaired) electrons. The third-order valence-electron chi connectivity index (χ3n) is 7.16. The molecule has 0 spiro atoms. The summed E-state index contributed by atoms with van der Waals surface area (Å²) in [6, 6.07) is 11.2. The largest absolute Gasteiger partial charge is 0.335 e. The number of nitrogens with one attached hydrogen (secondary N) is 2. The first-order valence-corrected chi connectivity index (χ1v) is 12.8. The molecule has 0 bridgehead atoms. The fourth-order valence-electron chi connectivity index (χ4n) is 5.31. The normalized spacial score (nSPS) is 14.4. The lowest BCUT2D eigenvalue weighted by Gasteiger charge is -2.26. The zero-order valence-corrected chi connectivity index (χ0v) is 20.7. The van der Waals surface area contributed by atoms with E-state index in [0.29, 0.717) is 11.5 Å². The minimum Gasteiger partial charge on any atom is -0.335 e. The molecule has 1 fully saturated rings. The smallest absolute Gasteiger partial charge is 0.181 e. The lowest BCUT2D eigenvalue weighted by Crippen LogP contribution is -2.29. The minimum absolute atomic E-state index is 0.254. The number of aromatic amines is 2. The van der Waals surface area contributed by atoms with Gasteiger partial charge in [-0.3, -0.25) is 20.0 Å². The molecule has 1 saturated heterocycles. The molecule has 2 N–H and O–H groups in total. The molecule has 8 nitrogen and oxygen atoms in total. The summed E-state index contributed by atoms with van der Waals surface area (Å²) in [4.78, 5) is 23.8. The molecule has 0 aliphatic carbocycles. The highest BCUT2D eigenvalue weighted by molar-refractivity contribution is 5.96. The summed E-state index contributed by atoms with van der Waals surface area (Å²) in [5, 5.41) is 8.30. The summed E-state index contributed by atoms with van der Waals surface area (Å²) in [7, 11) is 0. The van der Waals surface area contributed by atoms with Crippen molar-refractivity contribution in [1.29, 1.82) is 0 Å². The van der Waals surface area contributed by atoms with Gasteiger partial charge in [-0.1, -0.05) is 12.5 Å². The van der Waals surface area contributed by atoms with E-state index >= 15 is 0 Å². The van der Waals surface area contributed by atoms with Crippen LogP contribution in [0.2, 0.25) is 0 Å². The Balaban J connectivity index is 1.29. The molecule has 6 heterocycles. The Morgan fingerprint density at radius 2 is 1.82 bits per heavy atom. The second-order valence-corrected chi connectivity index (χ2v) is 9.79. The predicted molar refractivity (Wildman–Crippen MR) is 145 cm³/mol. The molecule has 6 aromatic rings. The molecule has 1 aromatic carbocycles. The van der Waals surface area contributed by atoms with Crippen molar-refractivity contribution in [2.75, 3.05) is 13.1 Å². The van der Waals surface area contributed by atoms with Crippen molar-refractivity contribution < 1.29 is 4.39 Å². The van der Waals surface area contributed by atoms with Crippen LogP contribution in [0.1, 0.15) is 24.8 Å². The number of aromatic nitrogens is 7. The lowest BCUT2D eigenvalue weighted by atomic mass is 10.0. The molecule has 7 rings (SSSR count). The molecule has 38 heavy (non-hydrogen) atoms. The molecular weight excluding hydrogens is 479 g/mol. The standard InChI is InChI=1S/C29H25FN8/c30-22-10-18(17-38-7-2-1-3-8-38)9-20(11-22)24-15-32-16-25-26(24)35-29(34-25)27-23-12-21(14-33-28(23)37-36-27)19-5-4-6-31-13-19/h4-6,9-16H,1-3,7-8,17H2,(H,34,35)(H,33,36,37). The van der Waals surface area contributed by atoms with Crippen LogP contribution < -0.4 is 0 Å². The van der Waals surface area contributed by atoms with Gasteiger partial charge in [0.25, 0.3) is 0 Å². The van der Waals surface area contributed by atoms with Crippen LogP contribution >= 0.6 is 0 Å². The number of benzene rings is 1. The van der Waals surface area contributed by atoms with Crippen LogP contribution in [0.3, 0.4) is 0 Å². The number of imidazole rings is 1. The van der Waals surface area contributed by atoms with Crippen molar-refractivity contribution in [3.8, 4) is 33.8 Å². The number of likely N-dealkylation sites (tertiary alicyclic amines) is 1. The van der Waals surface area contributed by atoms with Gasteiger partial charge in [0.1, 0.15) is 11.5 Å². The number of hydrogen-bond acceptors (Lipinski definition) is 6. The third-order valence-corrected chi connectivity index (χ3v) is 7.16. The van der Waals surface area contributed by atoms with Gasteiger partial charge >= 0.3 is 0 Å². The van der Waals surface area contributed by atoms with E-state index < -0.39 is 0 Å². The number of hydrogen-bond donors (Lipinski definition) is 2. The van der Waals surface area contributed by atoms with E-state index in [4.69, 9.17) is 4.98 Å². The third kappa shape index (κ3) is 4.20. The quantitative estimate of drug-likeness (QED) is 0.310. The molecule has 0 unspecified atom stereocenters. The maximum atomic E-state index is 14.8. The minimum atomic E-state index is -0.254. The van der Waals surface area contributed by atoms with E-state index in [9.17, 15) is 4.39 Å². The van der Waals surface area contributed by atoms with Gasteiger partial charge in [0.05, 0.1) is 22.6 Å². The number of piperidine rings is 1. The Morgan fingerprint density at radius 1 is 0.895 bits per heavy atom. The first-order valence-electron chi connectivity index (χ1n) is 12.8. The Labute approximate surface area is 218 Å². The van der Waals surface area contributed by atoms with Gasteiger partial charge in [0, 0.05) is 48.0 Å². The molecule has 9 heteroatoms. The number of nitrogens with zero attached hydrogens (tertiary/aromatic N) is 6. The lowest BCUT2D eigenvalue weighted by molar-refractivity contribution is 0.220. The molecule has 0 amide bonds. The van der Waals surface area contributed by atoms with E-state index in [1.165, 1.54) is 19.3 Å². The average Bonchev–Trinajstić information content (AvgIpc) is 3.57. The number of H-pyrrole nitrogens is 2. The van der Waals surface area contributed by atoms with Crippen molar-refractivity contribution in [2.45, 2.75) is 25.8 Å². The van der Waals surface area contributed by atoms with Crippen molar-refractivity contribution in [1.82, 2.24) is 40.0 Å². The van der Waals surface area contributed by atoms with Crippen molar-refractivity contribution >= 4 is 22.1 Å². The van der Waals surface area contributed by atoms with Gasteiger partial charge in [0.2, 0.25) is 0 Å². The number of pyridine rings is 3. The highest BCUT2D eigenvalue weighted by atomic mass is 19.1. The van der Waals surface area contributed by atoms with Gasteiger partial charge in [-0.05, 0) is 67.4 Å². The molecular formula is C29H25FN8. The highest BCUT2D eigenvalue weighted by Gasteiger charge is 2.18. The molecule has 1 aliphatic rings. The monoisotopic (exact) mass is 504 g/mol. The molecule has 1 aliphatic heterocycles. The van der Waals surface area contributed by atoms with Crippen molar-refractivity contribution in [3.05, 3.63) is 78.8 Å². The van der Waals surface area contributed by atoms with E-state index in [1.807, 2.05) is 18.2 Å². The molecule has 0 saturated carbocycles. The van der Waals surface area contributed by atoms with Crippen LogP contribution in [0.25, 0.3) is 55.8 Å².